The fourth-order valence-corrected chi connectivity index (χ4v) is 3.01. The largest absolute Gasteiger partial charge is 0.496 e. The van der Waals surface area contributed by atoms with E-state index < -0.39 is 0 Å². The van der Waals surface area contributed by atoms with E-state index in [0.29, 0.717) is 6.04 Å². The molecule has 1 aliphatic rings. The van der Waals surface area contributed by atoms with Crippen LogP contribution in [-0.4, -0.2) is 36.6 Å². The van der Waals surface area contributed by atoms with Gasteiger partial charge in [0.2, 0.25) is 0 Å². The summed E-state index contributed by atoms with van der Waals surface area (Å²) in [7, 11) is 1.74. The predicted molar refractivity (Wildman–Crippen MR) is 88.0 cm³/mol. The Balaban J connectivity index is 1.83. The van der Waals surface area contributed by atoms with Crippen molar-refractivity contribution in [3.63, 3.8) is 0 Å². The van der Waals surface area contributed by atoms with Crippen LogP contribution in [-0.2, 0) is 6.54 Å². The molecule has 0 bridgehead atoms. The monoisotopic (exact) mass is 297 g/mol. The van der Waals surface area contributed by atoms with Crippen LogP contribution in [0.5, 0.6) is 5.75 Å². The van der Waals surface area contributed by atoms with Crippen molar-refractivity contribution in [2.24, 2.45) is 0 Å². The summed E-state index contributed by atoms with van der Waals surface area (Å²) in [5, 5.41) is 3.50. The number of hydrogen-bond donors (Lipinski definition) is 1. The molecule has 22 heavy (non-hydrogen) atoms. The third-order valence-corrected chi connectivity index (χ3v) is 4.21. The maximum Gasteiger partial charge on any atom is 0.123 e. The standard InChI is InChI=1S/C18H23N3O/c1-14-7-8-15(11-20-14)13-21-10-9-19-12-17(21)16-5-3-4-6-18(16)22-2/h3-8,11,17,19H,9-10,12-13H2,1-2H3/t17-/m0/s1. The fraction of sp³-hybridized carbons (Fsp3) is 0.389. The first-order valence-corrected chi connectivity index (χ1v) is 7.77. The molecule has 1 aliphatic heterocycles. The Morgan fingerprint density at radius 2 is 2.14 bits per heavy atom. The number of methoxy groups -OCH3 is 1. The van der Waals surface area contributed by atoms with Crippen LogP contribution in [0.1, 0.15) is 22.9 Å². The van der Waals surface area contributed by atoms with E-state index in [1.807, 2.05) is 25.3 Å². The van der Waals surface area contributed by atoms with Crippen molar-refractivity contribution in [1.29, 1.82) is 0 Å². The second kappa shape index (κ2) is 6.90. The van der Waals surface area contributed by atoms with Gasteiger partial charge in [-0.2, -0.15) is 0 Å². The third-order valence-electron chi connectivity index (χ3n) is 4.21. The molecule has 1 saturated heterocycles. The Morgan fingerprint density at radius 1 is 1.27 bits per heavy atom. The molecule has 0 amide bonds. The van der Waals surface area contributed by atoms with Gasteiger partial charge in [0, 0.05) is 43.6 Å². The molecular weight excluding hydrogens is 274 g/mol. The molecule has 0 spiro atoms. The average Bonchev–Trinajstić information content (AvgIpc) is 2.57. The summed E-state index contributed by atoms with van der Waals surface area (Å²) in [6, 6.07) is 12.9. The Hall–Kier alpha value is -1.91. The van der Waals surface area contributed by atoms with Crippen molar-refractivity contribution >= 4 is 0 Å². The van der Waals surface area contributed by atoms with Crippen LogP contribution < -0.4 is 10.1 Å². The van der Waals surface area contributed by atoms with E-state index in [2.05, 4.69) is 39.5 Å². The van der Waals surface area contributed by atoms with Crippen molar-refractivity contribution in [3.8, 4) is 5.75 Å². The van der Waals surface area contributed by atoms with Gasteiger partial charge in [0.1, 0.15) is 5.75 Å². The topological polar surface area (TPSA) is 37.4 Å². The Bertz CT molecular complexity index is 612. The molecule has 1 fully saturated rings. The maximum absolute atomic E-state index is 5.55. The van der Waals surface area contributed by atoms with Crippen LogP contribution in [0.4, 0.5) is 0 Å². The number of pyridine rings is 1. The molecule has 2 heterocycles. The van der Waals surface area contributed by atoms with Crippen LogP contribution in [0, 0.1) is 6.92 Å². The molecule has 4 heteroatoms. The van der Waals surface area contributed by atoms with Crippen LogP contribution in [0.25, 0.3) is 0 Å². The van der Waals surface area contributed by atoms with Gasteiger partial charge < -0.3 is 10.1 Å². The van der Waals surface area contributed by atoms with E-state index in [0.717, 1.165) is 37.6 Å². The molecule has 4 nitrogen and oxygen atoms in total. The second-order valence-electron chi connectivity index (χ2n) is 5.74. The number of ether oxygens (including phenoxy) is 1. The Labute approximate surface area is 132 Å². The van der Waals surface area contributed by atoms with Gasteiger partial charge >= 0.3 is 0 Å². The highest BCUT2D eigenvalue weighted by Gasteiger charge is 2.26. The minimum absolute atomic E-state index is 0.325. The summed E-state index contributed by atoms with van der Waals surface area (Å²) in [4.78, 5) is 6.91. The lowest BCUT2D eigenvalue weighted by Gasteiger charge is -2.37. The first-order chi connectivity index (χ1) is 10.8. The van der Waals surface area contributed by atoms with Crippen LogP contribution in [0.2, 0.25) is 0 Å². The number of hydrogen-bond acceptors (Lipinski definition) is 4. The SMILES string of the molecule is COc1ccccc1[C@@H]1CNCCN1Cc1ccc(C)nc1. The number of nitrogens with one attached hydrogen (secondary N) is 1. The molecule has 1 atom stereocenters. The van der Waals surface area contributed by atoms with E-state index in [4.69, 9.17) is 4.74 Å². The predicted octanol–water partition coefficient (Wildman–Crippen LogP) is 2.55. The number of para-hydroxylation sites is 1. The van der Waals surface area contributed by atoms with E-state index in [-0.39, 0.29) is 0 Å². The fourth-order valence-electron chi connectivity index (χ4n) is 3.01. The molecule has 0 aliphatic carbocycles. The normalized spacial score (nSPS) is 19.1. The smallest absolute Gasteiger partial charge is 0.123 e. The van der Waals surface area contributed by atoms with Gasteiger partial charge in [-0.3, -0.25) is 9.88 Å². The van der Waals surface area contributed by atoms with E-state index in [1.54, 1.807) is 7.11 Å². The van der Waals surface area contributed by atoms with Gasteiger partial charge in [0.15, 0.2) is 0 Å². The summed E-state index contributed by atoms with van der Waals surface area (Å²) >= 11 is 0. The first-order valence-electron chi connectivity index (χ1n) is 7.77. The summed E-state index contributed by atoms with van der Waals surface area (Å²) in [5.41, 5.74) is 3.56. The van der Waals surface area contributed by atoms with Gasteiger partial charge in [-0.1, -0.05) is 24.3 Å². The summed E-state index contributed by atoms with van der Waals surface area (Å²) in [6.45, 7) is 5.92. The van der Waals surface area contributed by atoms with Crippen LogP contribution in [0.3, 0.4) is 0 Å². The Kier molecular flexibility index (Phi) is 4.71. The van der Waals surface area contributed by atoms with Gasteiger partial charge in [0.05, 0.1) is 13.2 Å². The number of rotatable bonds is 4. The molecular formula is C18H23N3O. The van der Waals surface area contributed by atoms with Crippen molar-refractivity contribution in [3.05, 3.63) is 59.4 Å². The van der Waals surface area contributed by atoms with Crippen molar-refractivity contribution < 1.29 is 4.74 Å². The highest BCUT2D eigenvalue weighted by atomic mass is 16.5. The number of aryl methyl sites for hydroxylation is 1. The zero-order valence-electron chi connectivity index (χ0n) is 13.2. The average molecular weight is 297 g/mol. The number of aromatic nitrogens is 1. The van der Waals surface area contributed by atoms with Crippen molar-refractivity contribution in [2.75, 3.05) is 26.7 Å². The Morgan fingerprint density at radius 3 is 2.91 bits per heavy atom. The van der Waals surface area contributed by atoms with Crippen LogP contribution in [0.15, 0.2) is 42.6 Å². The summed E-state index contributed by atoms with van der Waals surface area (Å²) in [6.07, 6.45) is 1.98. The molecule has 1 N–H and O–H groups in total. The van der Waals surface area contributed by atoms with Gasteiger partial charge in [-0.15, -0.1) is 0 Å². The zero-order chi connectivity index (χ0) is 15.4. The van der Waals surface area contributed by atoms with Crippen molar-refractivity contribution in [2.45, 2.75) is 19.5 Å². The lowest BCUT2D eigenvalue weighted by Crippen LogP contribution is -2.45. The van der Waals surface area contributed by atoms with E-state index in [1.165, 1.54) is 11.1 Å². The highest BCUT2D eigenvalue weighted by Crippen LogP contribution is 2.30. The third kappa shape index (κ3) is 3.29. The minimum atomic E-state index is 0.325. The number of benzene rings is 1. The first kappa shape index (κ1) is 15.0. The molecule has 2 aromatic rings. The molecule has 1 aromatic heterocycles. The molecule has 0 unspecified atom stereocenters. The zero-order valence-corrected chi connectivity index (χ0v) is 13.2. The summed E-state index contributed by atoms with van der Waals surface area (Å²) < 4.78 is 5.55. The molecule has 116 valence electrons. The van der Waals surface area contributed by atoms with Crippen molar-refractivity contribution in [1.82, 2.24) is 15.2 Å². The maximum atomic E-state index is 5.55. The number of nitrogens with zero attached hydrogens (tertiary/aromatic N) is 2. The minimum Gasteiger partial charge on any atom is -0.496 e. The van der Waals surface area contributed by atoms with Gasteiger partial charge in [-0.05, 0) is 24.6 Å². The van der Waals surface area contributed by atoms with E-state index in [9.17, 15) is 0 Å². The molecule has 3 rings (SSSR count). The highest BCUT2D eigenvalue weighted by molar-refractivity contribution is 5.36. The number of piperazine rings is 1. The lowest BCUT2D eigenvalue weighted by atomic mass is 10.0. The second-order valence-corrected chi connectivity index (χ2v) is 5.74. The summed E-state index contributed by atoms with van der Waals surface area (Å²) in [5.74, 6) is 0.961. The quantitative estimate of drug-likeness (QED) is 0.941. The molecule has 0 radical (unpaired) electrons. The van der Waals surface area contributed by atoms with Gasteiger partial charge in [0.25, 0.3) is 0 Å². The van der Waals surface area contributed by atoms with E-state index >= 15 is 0 Å². The van der Waals surface area contributed by atoms with Crippen LogP contribution >= 0.6 is 0 Å². The molecule has 0 saturated carbocycles. The lowest BCUT2D eigenvalue weighted by molar-refractivity contribution is 0.151. The van der Waals surface area contributed by atoms with Gasteiger partial charge in [-0.25, -0.2) is 0 Å². The molecule has 1 aromatic carbocycles.